The van der Waals surface area contributed by atoms with Crippen LogP contribution in [0.5, 0.6) is 0 Å². The molecule has 0 aliphatic heterocycles. The molecule has 3 N–H and O–H groups in total. The van der Waals surface area contributed by atoms with Crippen LogP contribution in [0.4, 0.5) is 5.69 Å². The molecule has 1 rings (SSSR count). The summed E-state index contributed by atoms with van der Waals surface area (Å²) in [5, 5.41) is 2.85. The fraction of sp³-hybridized carbons (Fsp3) is 0.455. The van der Waals surface area contributed by atoms with Crippen LogP contribution in [0.2, 0.25) is 0 Å². The predicted octanol–water partition coefficient (Wildman–Crippen LogP) is 1.50. The van der Waals surface area contributed by atoms with Gasteiger partial charge in [-0.2, -0.15) is 0 Å². The Hall–Kier alpha value is -1.58. The third-order valence-corrected chi connectivity index (χ3v) is 2.31. The summed E-state index contributed by atoms with van der Waals surface area (Å²) in [6, 6.07) is 1.85. The number of nitrogens with zero attached hydrogens (tertiary/aromatic N) is 1. The molecule has 0 saturated heterocycles. The van der Waals surface area contributed by atoms with E-state index in [4.69, 9.17) is 5.73 Å². The highest BCUT2D eigenvalue weighted by atomic mass is 16.1. The summed E-state index contributed by atoms with van der Waals surface area (Å²) in [7, 11) is 0. The van der Waals surface area contributed by atoms with Crippen LogP contribution in [0.1, 0.15) is 36.3 Å². The zero-order valence-electron chi connectivity index (χ0n) is 9.37. The number of pyridine rings is 1. The zero-order chi connectivity index (χ0) is 11.4. The third-order valence-electron chi connectivity index (χ3n) is 2.31. The van der Waals surface area contributed by atoms with Crippen molar-refractivity contribution >= 4 is 11.6 Å². The number of anilines is 1. The van der Waals surface area contributed by atoms with Gasteiger partial charge < -0.3 is 11.1 Å². The van der Waals surface area contributed by atoms with Crippen LogP contribution >= 0.6 is 0 Å². The van der Waals surface area contributed by atoms with Gasteiger partial charge in [0.25, 0.3) is 5.91 Å². The highest BCUT2D eigenvalue weighted by Gasteiger charge is 2.11. The van der Waals surface area contributed by atoms with E-state index in [1.807, 2.05) is 20.8 Å². The second kappa shape index (κ2) is 4.77. The molecule has 0 fully saturated rings. The van der Waals surface area contributed by atoms with Gasteiger partial charge in [0.15, 0.2) is 0 Å². The van der Waals surface area contributed by atoms with Crippen LogP contribution in [0.25, 0.3) is 0 Å². The average Bonchev–Trinajstić information content (AvgIpc) is 2.17. The first-order valence-corrected chi connectivity index (χ1v) is 5.07. The largest absolute Gasteiger partial charge is 0.398 e. The van der Waals surface area contributed by atoms with E-state index >= 15 is 0 Å². The Bertz CT molecular complexity index is 363. The minimum Gasteiger partial charge on any atom is -0.398 e. The Balaban J connectivity index is 2.82. The summed E-state index contributed by atoms with van der Waals surface area (Å²) in [6.07, 6.45) is 2.41. The number of carbonyl (C=O) groups excluding carboxylic acids is 1. The van der Waals surface area contributed by atoms with Gasteiger partial charge >= 0.3 is 0 Å². The number of nitrogen functional groups attached to an aromatic ring is 1. The molecule has 4 heteroatoms. The lowest BCUT2D eigenvalue weighted by Gasteiger charge is -2.12. The SMILES string of the molecule is CCC(C)NC(=O)c1cnc(C)cc1N. The molecule has 0 saturated carbocycles. The molecule has 1 aromatic heterocycles. The van der Waals surface area contributed by atoms with Gasteiger partial charge in [0, 0.05) is 23.6 Å². The Kier molecular flexibility index (Phi) is 3.66. The Morgan fingerprint density at radius 3 is 2.87 bits per heavy atom. The molecule has 0 spiro atoms. The van der Waals surface area contributed by atoms with Crippen molar-refractivity contribution in [2.75, 3.05) is 5.73 Å². The molecule has 0 aromatic carbocycles. The first kappa shape index (κ1) is 11.5. The molecular formula is C11H17N3O. The van der Waals surface area contributed by atoms with E-state index in [1.54, 1.807) is 6.07 Å². The Morgan fingerprint density at radius 1 is 1.67 bits per heavy atom. The van der Waals surface area contributed by atoms with E-state index < -0.39 is 0 Å². The van der Waals surface area contributed by atoms with Gasteiger partial charge in [0.1, 0.15) is 0 Å². The molecule has 1 amide bonds. The summed E-state index contributed by atoms with van der Waals surface area (Å²) in [5.41, 5.74) is 7.47. The van der Waals surface area contributed by atoms with Crippen LogP contribution < -0.4 is 11.1 Å². The summed E-state index contributed by atoms with van der Waals surface area (Å²) in [4.78, 5) is 15.8. The molecular weight excluding hydrogens is 190 g/mol. The molecule has 82 valence electrons. The van der Waals surface area contributed by atoms with Crippen molar-refractivity contribution < 1.29 is 4.79 Å². The molecule has 4 nitrogen and oxygen atoms in total. The number of amides is 1. The number of hydrogen-bond donors (Lipinski definition) is 2. The monoisotopic (exact) mass is 207 g/mol. The van der Waals surface area contributed by atoms with Crippen molar-refractivity contribution in [2.45, 2.75) is 33.2 Å². The molecule has 0 radical (unpaired) electrons. The topological polar surface area (TPSA) is 68.0 Å². The Labute approximate surface area is 89.9 Å². The van der Waals surface area contributed by atoms with Crippen molar-refractivity contribution in [3.63, 3.8) is 0 Å². The quantitative estimate of drug-likeness (QED) is 0.789. The van der Waals surface area contributed by atoms with Gasteiger partial charge in [-0.25, -0.2) is 0 Å². The number of rotatable bonds is 3. The van der Waals surface area contributed by atoms with Gasteiger partial charge in [-0.15, -0.1) is 0 Å². The summed E-state index contributed by atoms with van der Waals surface area (Å²) in [5.74, 6) is -0.158. The molecule has 0 aliphatic carbocycles. The van der Waals surface area contributed by atoms with Crippen molar-refractivity contribution in [3.8, 4) is 0 Å². The maximum atomic E-state index is 11.7. The first-order chi connectivity index (χ1) is 7.04. The normalized spacial score (nSPS) is 12.2. The lowest BCUT2D eigenvalue weighted by Crippen LogP contribution is -2.32. The van der Waals surface area contributed by atoms with Crippen molar-refractivity contribution in [3.05, 3.63) is 23.5 Å². The van der Waals surface area contributed by atoms with E-state index in [2.05, 4.69) is 10.3 Å². The standard InChI is InChI=1S/C11H17N3O/c1-4-7(2)14-11(15)9-6-13-8(3)5-10(9)12/h5-7H,4H2,1-3H3,(H2,12,13)(H,14,15). The molecule has 1 atom stereocenters. The van der Waals surface area contributed by atoms with Crippen LogP contribution in [0.15, 0.2) is 12.3 Å². The van der Waals surface area contributed by atoms with Crippen LogP contribution in [0.3, 0.4) is 0 Å². The van der Waals surface area contributed by atoms with Crippen molar-refractivity contribution in [2.24, 2.45) is 0 Å². The summed E-state index contributed by atoms with van der Waals surface area (Å²) in [6.45, 7) is 5.81. The van der Waals surface area contributed by atoms with Crippen LogP contribution in [-0.4, -0.2) is 16.9 Å². The zero-order valence-corrected chi connectivity index (χ0v) is 9.37. The lowest BCUT2D eigenvalue weighted by atomic mass is 10.2. The van der Waals surface area contributed by atoms with Crippen molar-refractivity contribution in [1.82, 2.24) is 10.3 Å². The Morgan fingerprint density at radius 2 is 2.33 bits per heavy atom. The van der Waals surface area contributed by atoms with Crippen molar-refractivity contribution in [1.29, 1.82) is 0 Å². The second-order valence-corrected chi connectivity index (χ2v) is 3.70. The highest BCUT2D eigenvalue weighted by Crippen LogP contribution is 2.11. The smallest absolute Gasteiger partial charge is 0.255 e. The highest BCUT2D eigenvalue weighted by molar-refractivity contribution is 5.98. The number of aryl methyl sites for hydroxylation is 1. The number of aromatic nitrogens is 1. The second-order valence-electron chi connectivity index (χ2n) is 3.70. The molecule has 1 unspecified atom stereocenters. The van der Waals surface area contributed by atoms with Gasteiger partial charge in [0.2, 0.25) is 0 Å². The third kappa shape index (κ3) is 2.94. The summed E-state index contributed by atoms with van der Waals surface area (Å²) < 4.78 is 0. The average molecular weight is 207 g/mol. The minimum atomic E-state index is -0.158. The van der Waals surface area contributed by atoms with E-state index in [0.717, 1.165) is 12.1 Å². The lowest BCUT2D eigenvalue weighted by molar-refractivity contribution is 0.0940. The van der Waals surface area contributed by atoms with E-state index in [0.29, 0.717) is 11.3 Å². The number of nitrogens with two attached hydrogens (primary N) is 1. The fourth-order valence-electron chi connectivity index (χ4n) is 1.17. The number of nitrogens with one attached hydrogen (secondary N) is 1. The van der Waals surface area contributed by atoms with Gasteiger partial charge in [-0.1, -0.05) is 6.92 Å². The van der Waals surface area contributed by atoms with Crippen LogP contribution in [0, 0.1) is 6.92 Å². The maximum Gasteiger partial charge on any atom is 0.255 e. The minimum absolute atomic E-state index is 0.151. The molecule has 15 heavy (non-hydrogen) atoms. The fourth-order valence-corrected chi connectivity index (χ4v) is 1.17. The molecule has 1 heterocycles. The maximum absolute atomic E-state index is 11.7. The number of carbonyl (C=O) groups is 1. The van der Waals surface area contributed by atoms with Gasteiger partial charge in [-0.3, -0.25) is 9.78 Å². The predicted molar refractivity (Wildman–Crippen MR) is 60.6 cm³/mol. The van der Waals surface area contributed by atoms with E-state index in [-0.39, 0.29) is 11.9 Å². The van der Waals surface area contributed by atoms with Gasteiger partial charge in [-0.05, 0) is 26.3 Å². The van der Waals surface area contributed by atoms with Gasteiger partial charge in [0.05, 0.1) is 5.56 Å². The van der Waals surface area contributed by atoms with E-state index in [9.17, 15) is 4.79 Å². The molecule has 1 aromatic rings. The van der Waals surface area contributed by atoms with E-state index in [1.165, 1.54) is 6.20 Å². The number of hydrogen-bond acceptors (Lipinski definition) is 3. The van der Waals surface area contributed by atoms with Crippen LogP contribution in [-0.2, 0) is 0 Å². The summed E-state index contributed by atoms with van der Waals surface area (Å²) >= 11 is 0. The first-order valence-electron chi connectivity index (χ1n) is 5.07. The molecule has 0 aliphatic rings. The molecule has 0 bridgehead atoms.